The highest BCUT2D eigenvalue weighted by Gasteiger charge is 2.19. The maximum absolute atomic E-state index is 12.8. The van der Waals surface area contributed by atoms with Gasteiger partial charge in [-0.3, -0.25) is 14.4 Å². The van der Waals surface area contributed by atoms with Gasteiger partial charge in [-0.1, -0.05) is 36.6 Å². The lowest BCUT2D eigenvalue weighted by atomic mass is 10.0. The molecule has 1 atom stereocenters. The molecule has 2 aliphatic heterocycles. The van der Waals surface area contributed by atoms with E-state index in [4.69, 9.17) is 4.74 Å². The van der Waals surface area contributed by atoms with E-state index in [0.29, 0.717) is 12.2 Å². The molecule has 0 bridgehead atoms. The molecular weight excluding hydrogens is 394 g/mol. The lowest BCUT2D eigenvalue weighted by molar-refractivity contribution is 0.102. The largest absolute Gasteiger partial charge is 0.492 e. The second-order valence-electron chi connectivity index (χ2n) is 7.98. The van der Waals surface area contributed by atoms with E-state index >= 15 is 0 Å². The van der Waals surface area contributed by atoms with Gasteiger partial charge in [0.15, 0.2) is 0 Å². The Bertz CT molecular complexity index is 815. The van der Waals surface area contributed by atoms with Crippen LogP contribution in [-0.2, 0) is 0 Å². The van der Waals surface area contributed by atoms with E-state index in [2.05, 4.69) is 21.0 Å². The third kappa shape index (κ3) is 5.78. The van der Waals surface area contributed by atoms with Crippen molar-refractivity contribution in [1.82, 2.24) is 9.62 Å². The number of para-hydroxylation sites is 1. The number of carbonyl (C=O) groups is 1. The van der Waals surface area contributed by atoms with Crippen molar-refractivity contribution in [3.8, 4) is 5.75 Å². The van der Waals surface area contributed by atoms with Crippen LogP contribution in [0.25, 0.3) is 0 Å². The van der Waals surface area contributed by atoms with Gasteiger partial charge in [-0.2, -0.15) is 0 Å². The normalized spacial score (nSPS) is 19.9. The second kappa shape index (κ2) is 10.8. The smallest absolute Gasteiger partial charge is 0.255 e. The monoisotopic (exact) mass is 425 g/mol. The fourth-order valence-corrected chi connectivity index (χ4v) is 4.96. The maximum Gasteiger partial charge on any atom is 0.255 e. The van der Waals surface area contributed by atoms with Crippen LogP contribution < -0.4 is 14.8 Å². The molecule has 0 spiro atoms. The van der Waals surface area contributed by atoms with Crippen molar-refractivity contribution in [2.75, 3.05) is 37.3 Å². The molecule has 0 aromatic heterocycles. The quantitative estimate of drug-likeness (QED) is 0.620. The van der Waals surface area contributed by atoms with Crippen LogP contribution in [0.4, 0.5) is 5.69 Å². The van der Waals surface area contributed by atoms with Crippen LogP contribution in [0.1, 0.15) is 54.1 Å². The molecule has 2 aliphatic rings. The maximum atomic E-state index is 12.8. The summed E-state index contributed by atoms with van der Waals surface area (Å²) in [7, 11) is 0. The van der Waals surface area contributed by atoms with Crippen molar-refractivity contribution in [3.05, 3.63) is 59.7 Å². The van der Waals surface area contributed by atoms with Crippen molar-refractivity contribution in [3.63, 3.8) is 0 Å². The van der Waals surface area contributed by atoms with Gasteiger partial charge in [0.1, 0.15) is 12.4 Å². The molecule has 0 aliphatic carbocycles. The number of nitrogens with one attached hydrogen (secondary N) is 2. The molecule has 5 nitrogen and oxygen atoms in total. The first kappa shape index (κ1) is 21.2. The standard InChI is InChI=1S/C24H31N3O2S/c28-24(25-22-8-3-2-7-21(22)23-9-6-18-30-26-23)19-10-12-20(13-11-19)29-17-16-27-14-4-1-5-15-27/h2-3,7-8,10-13,23,26H,1,4-6,9,14-18H2,(H,25,28). The van der Waals surface area contributed by atoms with Gasteiger partial charge in [-0.15, -0.1) is 0 Å². The summed E-state index contributed by atoms with van der Waals surface area (Å²) >= 11 is 1.76. The zero-order chi connectivity index (χ0) is 20.6. The Balaban J connectivity index is 1.32. The fourth-order valence-electron chi connectivity index (χ4n) is 4.08. The zero-order valence-corrected chi connectivity index (χ0v) is 18.3. The minimum absolute atomic E-state index is 0.0919. The number of anilines is 1. The average Bonchev–Trinajstić information content (AvgIpc) is 2.81. The summed E-state index contributed by atoms with van der Waals surface area (Å²) in [6.45, 7) is 4.01. The van der Waals surface area contributed by atoms with Crippen molar-refractivity contribution in [2.24, 2.45) is 0 Å². The van der Waals surface area contributed by atoms with E-state index in [0.717, 1.165) is 35.7 Å². The molecule has 2 saturated heterocycles. The summed E-state index contributed by atoms with van der Waals surface area (Å²) in [5, 5.41) is 3.09. The summed E-state index contributed by atoms with van der Waals surface area (Å²) in [5.41, 5.74) is 2.67. The second-order valence-corrected chi connectivity index (χ2v) is 8.91. The Morgan fingerprint density at radius 1 is 1.07 bits per heavy atom. The number of hydrogen-bond donors (Lipinski definition) is 2. The molecule has 2 aromatic rings. The molecule has 0 radical (unpaired) electrons. The first-order valence-electron chi connectivity index (χ1n) is 11.0. The zero-order valence-electron chi connectivity index (χ0n) is 17.4. The Morgan fingerprint density at radius 2 is 1.87 bits per heavy atom. The predicted molar refractivity (Wildman–Crippen MR) is 124 cm³/mol. The molecule has 2 aromatic carbocycles. The first-order valence-corrected chi connectivity index (χ1v) is 12.0. The number of hydrogen-bond acceptors (Lipinski definition) is 5. The fraction of sp³-hybridized carbons (Fsp3) is 0.458. The lowest BCUT2D eigenvalue weighted by Gasteiger charge is -2.26. The Morgan fingerprint density at radius 3 is 2.63 bits per heavy atom. The SMILES string of the molecule is O=C(Nc1ccccc1C1CCCSN1)c1ccc(OCCN2CCCCC2)cc1. The number of rotatable bonds is 7. The molecule has 30 heavy (non-hydrogen) atoms. The summed E-state index contributed by atoms with van der Waals surface area (Å²) in [6, 6.07) is 15.8. The van der Waals surface area contributed by atoms with Crippen LogP contribution in [0.5, 0.6) is 5.75 Å². The third-order valence-electron chi connectivity index (χ3n) is 5.79. The topological polar surface area (TPSA) is 53.6 Å². The van der Waals surface area contributed by atoms with Gasteiger partial charge in [0.05, 0.1) is 0 Å². The highest BCUT2D eigenvalue weighted by molar-refractivity contribution is 7.97. The van der Waals surface area contributed by atoms with Crippen molar-refractivity contribution >= 4 is 23.5 Å². The molecule has 2 heterocycles. The van der Waals surface area contributed by atoms with Crippen molar-refractivity contribution < 1.29 is 9.53 Å². The van der Waals surface area contributed by atoms with Crippen molar-refractivity contribution in [2.45, 2.75) is 38.1 Å². The number of amides is 1. The van der Waals surface area contributed by atoms with E-state index in [1.54, 1.807) is 11.9 Å². The summed E-state index contributed by atoms with van der Waals surface area (Å²) in [5.74, 6) is 1.86. The van der Waals surface area contributed by atoms with E-state index in [1.165, 1.54) is 38.8 Å². The highest BCUT2D eigenvalue weighted by atomic mass is 32.2. The minimum atomic E-state index is -0.0919. The molecule has 6 heteroatoms. The molecule has 1 unspecified atom stereocenters. The Labute approximate surface area is 183 Å². The van der Waals surface area contributed by atoms with E-state index in [-0.39, 0.29) is 11.9 Å². The number of carbonyl (C=O) groups excluding carboxylic acids is 1. The summed E-state index contributed by atoms with van der Waals surface area (Å²) < 4.78 is 9.36. The van der Waals surface area contributed by atoms with Gasteiger partial charge < -0.3 is 10.1 Å². The Hall–Kier alpha value is -2.02. The number of ether oxygens (including phenoxy) is 1. The van der Waals surface area contributed by atoms with Gasteiger partial charge in [-0.25, -0.2) is 0 Å². The number of piperidine rings is 1. The van der Waals surface area contributed by atoms with Crippen LogP contribution >= 0.6 is 11.9 Å². The molecule has 4 rings (SSSR count). The van der Waals surface area contributed by atoms with Crippen LogP contribution in [0.15, 0.2) is 48.5 Å². The molecule has 0 saturated carbocycles. The highest BCUT2D eigenvalue weighted by Crippen LogP contribution is 2.31. The Kier molecular flexibility index (Phi) is 7.67. The van der Waals surface area contributed by atoms with Gasteiger partial charge in [0, 0.05) is 29.6 Å². The molecule has 1 amide bonds. The van der Waals surface area contributed by atoms with Gasteiger partial charge in [0.2, 0.25) is 0 Å². The minimum Gasteiger partial charge on any atom is -0.492 e. The molecular formula is C24H31N3O2S. The van der Waals surface area contributed by atoms with Gasteiger partial charge in [-0.05, 0) is 74.7 Å². The van der Waals surface area contributed by atoms with Crippen LogP contribution in [0.3, 0.4) is 0 Å². The first-order chi connectivity index (χ1) is 14.8. The average molecular weight is 426 g/mol. The molecule has 2 N–H and O–H groups in total. The van der Waals surface area contributed by atoms with E-state index in [9.17, 15) is 4.79 Å². The van der Waals surface area contributed by atoms with Gasteiger partial charge >= 0.3 is 0 Å². The van der Waals surface area contributed by atoms with Crippen molar-refractivity contribution in [1.29, 1.82) is 0 Å². The van der Waals surface area contributed by atoms with Crippen LogP contribution in [0, 0.1) is 0 Å². The predicted octanol–water partition coefficient (Wildman–Crippen LogP) is 4.88. The molecule has 160 valence electrons. The van der Waals surface area contributed by atoms with Gasteiger partial charge in [0.25, 0.3) is 5.91 Å². The number of likely N-dealkylation sites (tertiary alicyclic amines) is 1. The lowest BCUT2D eigenvalue weighted by Crippen LogP contribution is -2.33. The number of nitrogens with zero attached hydrogens (tertiary/aromatic N) is 1. The molecule has 2 fully saturated rings. The van der Waals surface area contributed by atoms with E-state index in [1.807, 2.05) is 42.5 Å². The number of benzene rings is 2. The van der Waals surface area contributed by atoms with E-state index < -0.39 is 0 Å². The van der Waals surface area contributed by atoms with Crippen LogP contribution in [-0.4, -0.2) is 42.8 Å². The summed E-state index contributed by atoms with van der Waals surface area (Å²) in [4.78, 5) is 15.3. The summed E-state index contributed by atoms with van der Waals surface area (Å²) in [6.07, 6.45) is 6.21. The van der Waals surface area contributed by atoms with Crippen LogP contribution in [0.2, 0.25) is 0 Å². The third-order valence-corrected chi connectivity index (χ3v) is 6.73.